The number of halogens is 2. The van der Waals surface area contributed by atoms with Crippen LogP contribution >= 0.6 is 15.9 Å². The summed E-state index contributed by atoms with van der Waals surface area (Å²) in [7, 11) is 0. The number of rotatable bonds is 1. The van der Waals surface area contributed by atoms with Gasteiger partial charge in [0.05, 0.1) is 4.47 Å². The first-order valence-corrected chi connectivity index (χ1v) is 4.09. The van der Waals surface area contributed by atoms with Crippen LogP contribution in [0.25, 0.3) is 0 Å². The molecule has 3 heteroatoms. The quantitative estimate of drug-likeness (QED) is 0.769. The van der Waals surface area contributed by atoms with E-state index in [4.69, 9.17) is 5.73 Å². The van der Waals surface area contributed by atoms with Gasteiger partial charge < -0.3 is 5.73 Å². The summed E-state index contributed by atoms with van der Waals surface area (Å²) in [6.07, 6.45) is 0. The van der Waals surface area contributed by atoms with Crippen molar-refractivity contribution in [2.45, 2.75) is 13.5 Å². The Hall–Kier alpha value is -0.410. The minimum absolute atomic E-state index is 0.245. The molecule has 0 amide bonds. The van der Waals surface area contributed by atoms with Gasteiger partial charge in [-0.05, 0) is 40.0 Å². The summed E-state index contributed by atoms with van der Waals surface area (Å²) in [6, 6.07) is 3.31. The van der Waals surface area contributed by atoms with Crippen LogP contribution in [0.15, 0.2) is 16.6 Å². The van der Waals surface area contributed by atoms with Crippen LogP contribution in [0.5, 0.6) is 0 Å². The predicted octanol–water partition coefficient (Wildman–Crippen LogP) is 2.36. The Kier molecular flexibility index (Phi) is 2.62. The molecule has 0 atom stereocenters. The van der Waals surface area contributed by atoms with Crippen molar-refractivity contribution in [1.82, 2.24) is 0 Å². The average molecular weight is 218 g/mol. The molecule has 0 radical (unpaired) electrons. The standard InChI is InChI=1S/C8H9BrFN/c1-5-2-6(4-11)3-7(10)8(5)9/h2-3H,4,11H2,1H3. The summed E-state index contributed by atoms with van der Waals surface area (Å²) >= 11 is 3.13. The molecule has 60 valence electrons. The molecule has 1 nitrogen and oxygen atoms in total. The zero-order chi connectivity index (χ0) is 8.43. The van der Waals surface area contributed by atoms with Gasteiger partial charge in [-0.25, -0.2) is 4.39 Å². The maximum absolute atomic E-state index is 12.9. The number of hydrogen-bond donors (Lipinski definition) is 1. The van der Waals surface area contributed by atoms with Gasteiger partial charge in [0, 0.05) is 6.54 Å². The van der Waals surface area contributed by atoms with Crippen LogP contribution in [-0.4, -0.2) is 0 Å². The molecule has 1 aromatic carbocycles. The molecule has 0 aliphatic carbocycles. The van der Waals surface area contributed by atoms with E-state index >= 15 is 0 Å². The summed E-state index contributed by atoms with van der Waals surface area (Å²) in [6.45, 7) is 2.22. The van der Waals surface area contributed by atoms with Gasteiger partial charge in [-0.2, -0.15) is 0 Å². The van der Waals surface area contributed by atoms with Gasteiger partial charge in [-0.15, -0.1) is 0 Å². The molecule has 0 saturated carbocycles. The molecule has 1 rings (SSSR count). The lowest BCUT2D eigenvalue weighted by atomic mass is 10.1. The molecule has 0 aliphatic heterocycles. The zero-order valence-electron chi connectivity index (χ0n) is 6.20. The number of nitrogens with two attached hydrogens (primary N) is 1. The molecule has 0 spiro atoms. The fourth-order valence-corrected chi connectivity index (χ4v) is 1.14. The second-order valence-corrected chi connectivity index (χ2v) is 3.21. The third-order valence-corrected chi connectivity index (χ3v) is 2.51. The lowest BCUT2D eigenvalue weighted by Crippen LogP contribution is -1.98. The molecule has 1 aromatic rings. The lowest BCUT2D eigenvalue weighted by molar-refractivity contribution is 0.617. The van der Waals surface area contributed by atoms with Gasteiger partial charge in [0.2, 0.25) is 0 Å². The minimum Gasteiger partial charge on any atom is -0.326 e. The Morgan fingerprint density at radius 2 is 2.18 bits per heavy atom. The SMILES string of the molecule is Cc1cc(CN)cc(F)c1Br. The maximum Gasteiger partial charge on any atom is 0.137 e. The highest BCUT2D eigenvalue weighted by atomic mass is 79.9. The molecule has 0 saturated heterocycles. The van der Waals surface area contributed by atoms with Gasteiger partial charge in [-0.3, -0.25) is 0 Å². The van der Waals surface area contributed by atoms with Crippen molar-refractivity contribution in [3.8, 4) is 0 Å². The lowest BCUT2D eigenvalue weighted by Gasteiger charge is -2.02. The van der Waals surface area contributed by atoms with E-state index in [1.807, 2.05) is 13.0 Å². The zero-order valence-corrected chi connectivity index (χ0v) is 7.78. The molecule has 0 fully saturated rings. The molecule has 2 N–H and O–H groups in total. The summed E-state index contributed by atoms with van der Waals surface area (Å²) in [5.41, 5.74) is 7.06. The number of hydrogen-bond acceptors (Lipinski definition) is 1. The second-order valence-electron chi connectivity index (χ2n) is 2.41. The molecule has 0 heterocycles. The van der Waals surface area contributed by atoms with Crippen molar-refractivity contribution in [2.24, 2.45) is 5.73 Å². The van der Waals surface area contributed by atoms with Crippen molar-refractivity contribution in [1.29, 1.82) is 0 Å². The molecule has 0 aliphatic rings. The van der Waals surface area contributed by atoms with Crippen LogP contribution in [0.2, 0.25) is 0 Å². The third kappa shape index (κ3) is 1.79. The highest BCUT2D eigenvalue weighted by molar-refractivity contribution is 9.10. The number of aryl methyl sites for hydroxylation is 1. The van der Waals surface area contributed by atoms with Crippen molar-refractivity contribution in [3.63, 3.8) is 0 Å². The van der Waals surface area contributed by atoms with Crippen molar-refractivity contribution in [2.75, 3.05) is 0 Å². The summed E-state index contributed by atoms with van der Waals surface area (Å²) in [5, 5.41) is 0. The first kappa shape index (κ1) is 8.68. The van der Waals surface area contributed by atoms with Crippen LogP contribution in [0, 0.1) is 12.7 Å². The van der Waals surface area contributed by atoms with E-state index in [-0.39, 0.29) is 5.82 Å². The highest BCUT2D eigenvalue weighted by Crippen LogP contribution is 2.21. The second kappa shape index (κ2) is 3.32. The Labute approximate surface area is 73.5 Å². The van der Waals surface area contributed by atoms with Crippen molar-refractivity contribution >= 4 is 15.9 Å². The Balaban J connectivity index is 3.21. The third-order valence-electron chi connectivity index (χ3n) is 1.51. The van der Waals surface area contributed by atoms with Crippen LogP contribution in [0.1, 0.15) is 11.1 Å². The fourth-order valence-electron chi connectivity index (χ4n) is 0.915. The van der Waals surface area contributed by atoms with E-state index < -0.39 is 0 Å². The summed E-state index contributed by atoms with van der Waals surface area (Å²) in [4.78, 5) is 0. The summed E-state index contributed by atoms with van der Waals surface area (Å²) in [5.74, 6) is -0.245. The molecular formula is C8H9BrFN. The highest BCUT2D eigenvalue weighted by Gasteiger charge is 2.03. The first-order chi connectivity index (χ1) is 5.15. The molecule has 0 unspecified atom stereocenters. The topological polar surface area (TPSA) is 26.0 Å². The van der Waals surface area contributed by atoms with E-state index in [9.17, 15) is 4.39 Å². The van der Waals surface area contributed by atoms with Crippen LogP contribution in [0.3, 0.4) is 0 Å². The predicted molar refractivity (Wildman–Crippen MR) is 46.7 cm³/mol. The van der Waals surface area contributed by atoms with Crippen LogP contribution in [-0.2, 0) is 6.54 Å². The summed E-state index contributed by atoms with van der Waals surface area (Å²) < 4.78 is 13.4. The normalized spacial score (nSPS) is 10.2. The van der Waals surface area contributed by atoms with E-state index in [1.54, 1.807) is 0 Å². The molecule has 0 aromatic heterocycles. The molecular weight excluding hydrogens is 209 g/mol. The van der Waals surface area contributed by atoms with E-state index in [0.29, 0.717) is 11.0 Å². The average Bonchev–Trinajstić information content (AvgIpc) is 1.99. The Bertz CT molecular complexity index is 250. The van der Waals surface area contributed by atoms with Gasteiger partial charge >= 0.3 is 0 Å². The molecule has 11 heavy (non-hydrogen) atoms. The van der Waals surface area contributed by atoms with Gasteiger partial charge in [0.25, 0.3) is 0 Å². The van der Waals surface area contributed by atoms with Gasteiger partial charge in [0.15, 0.2) is 0 Å². The number of benzene rings is 1. The van der Waals surface area contributed by atoms with Gasteiger partial charge in [-0.1, -0.05) is 6.07 Å². The monoisotopic (exact) mass is 217 g/mol. The fraction of sp³-hybridized carbons (Fsp3) is 0.250. The smallest absolute Gasteiger partial charge is 0.137 e. The van der Waals surface area contributed by atoms with Crippen molar-refractivity contribution < 1.29 is 4.39 Å². The minimum atomic E-state index is -0.245. The van der Waals surface area contributed by atoms with Gasteiger partial charge in [0.1, 0.15) is 5.82 Å². The largest absolute Gasteiger partial charge is 0.326 e. The van der Waals surface area contributed by atoms with E-state index in [0.717, 1.165) is 11.1 Å². The van der Waals surface area contributed by atoms with Crippen LogP contribution < -0.4 is 5.73 Å². The maximum atomic E-state index is 12.9. The molecule has 0 bridgehead atoms. The van der Waals surface area contributed by atoms with Crippen LogP contribution in [0.4, 0.5) is 4.39 Å². The Morgan fingerprint density at radius 1 is 1.55 bits per heavy atom. The van der Waals surface area contributed by atoms with Crippen molar-refractivity contribution in [3.05, 3.63) is 33.5 Å². The van der Waals surface area contributed by atoms with E-state index in [2.05, 4.69) is 15.9 Å². The first-order valence-electron chi connectivity index (χ1n) is 3.29. The Morgan fingerprint density at radius 3 is 2.64 bits per heavy atom. The van der Waals surface area contributed by atoms with E-state index in [1.165, 1.54) is 6.07 Å².